The maximum Gasteiger partial charge on any atom is 0.279 e. The molecule has 2 amide bonds. The van der Waals surface area contributed by atoms with Crippen LogP contribution in [0.15, 0.2) is 48.5 Å². The van der Waals surface area contributed by atoms with E-state index >= 15 is 0 Å². The summed E-state index contributed by atoms with van der Waals surface area (Å²) >= 11 is 0. The van der Waals surface area contributed by atoms with Crippen molar-refractivity contribution >= 4 is 11.8 Å². The van der Waals surface area contributed by atoms with E-state index in [0.717, 1.165) is 5.56 Å². The molecule has 0 aromatic heterocycles. The molecule has 0 bridgehead atoms. The average Bonchev–Trinajstić information content (AvgIpc) is 2.64. The van der Waals surface area contributed by atoms with Crippen molar-refractivity contribution in [1.29, 1.82) is 0 Å². The fraction of sp³-hybridized carbons (Fsp3) is 0.263. The summed E-state index contributed by atoms with van der Waals surface area (Å²) in [6, 6.07) is 14.3. The first-order valence-corrected chi connectivity index (χ1v) is 8.07. The Bertz CT molecular complexity index is 763. The van der Waals surface area contributed by atoms with Gasteiger partial charge in [-0.1, -0.05) is 24.3 Å². The highest BCUT2D eigenvalue weighted by Gasteiger charge is 2.17. The number of hydrogen-bond donors (Lipinski definition) is 2. The van der Waals surface area contributed by atoms with Gasteiger partial charge in [0.25, 0.3) is 11.8 Å². The maximum absolute atomic E-state index is 12.0. The van der Waals surface area contributed by atoms with Gasteiger partial charge >= 0.3 is 0 Å². The van der Waals surface area contributed by atoms with Gasteiger partial charge in [0.1, 0.15) is 5.75 Å². The molecule has 2 aromatic rings. The van der Waals surface area contributed by atoms with Crippen LogP contribution in [0.5, 0.6) is 17.2 Å². The van der Waals surface area contributed by atoms with Crippen LogP contribution in [-0.4, -0.2) is 31.6 Å². The summed E-state index contributed by atoms with van der Waals surface area (Å²) in [4.78, 5) is 23.8. The van der Waals surface area contributed by atoms with Crippen molar-refractivity contribution in [2.75, 3.05) is 13.7 Å². The number of carbonyl (C=O) groups excluding carboxylic acids is 2. The molecule has 0 fully saturated rings. The maximum atomic E-state index is 12.0. The predicted octanol–water partition coefficient (Wildman–Crippen LogP) is 2.00. The van der Waals surface area contributed by atoms with E-state index in [4.69, 9.17) is 14.2 Å². The van der Waals surface area contributed by atoms with E-state index in [-0.39, 0.29) is 6.61 Å². The summed E-state index contributed by atoms with van der Waals surface area (Å²) in [5.41, 5.74) is 5.62. The number of carbonyl (C=O) groups is 2. The van der Waals surface area contributed by atoms with Crippen LogP contribution in [0.4, 0.5) is 0 Å². The fourth-order valence-electron chi connectivity index (χ4n) is 2.08. The molecule has 2 N–H and O–H groups in total. The van der Waals surface area contributed by atoms with Crippen LogP contribution >= 0.6 is 0 Å². The van der Waals surface area contributed by atoms with E-state index < -0.39 is 17.9 Å². The normalized spacial score (nSPS) is 11.2. The molecule has 7 nitrogen and oxygen atoms in total. The number of para-hydroxylation sites is 2. The Labute approximate surface area is 152 Å². The van der Waals surface area contributed by atoms with Crippen molar-refractivity contribution in [3.63, 3.8) is 0 Å². The number of amides is 2. The van der Waals surface area contributed by atoms with Crippen molar-refractivity contribution in [3.8, 4) is 17.2 Å². The summed E-state index contributed by atoms with van der Waals surface area (Å²) in [6.45, 7) is 3.28. The third-order valence-electron chi connectivity index (χ3n) is 3.43. The van der Waals surface area contributed by atoms with Gasteiger partial charge in [0.05, 0.1) is 7.11 Å². The molecule has 0 aliphatic carbocycles. The van der Waals surface area contributed by atoms with Gasteiger partial charge in [-0.2, -0.15) is 0 Å². The minimum Gasteiger partial charge on any atom is -0.493 e. The third-order valence-corrected chi connectivity index (χ3v) is 3.43. The summed E-state index contributed by atoms with van der Waals surface area (Å²) in [5, 5.41) is 0. The van der Waals surface area contributed by atoms with Crippen LogP contribution in [0, 0.1) is 6.92 Å². The first-order chi connectivity index (χ1) is 12.5. The standard InChI is InChI=1S/C19H22N2O5/c1-13-7-6-8-15(11-13)25-12-18(22)20-21-19(23)14(2)26-17-10-5-4-9-16(17)24-3/h4-11,14H,12H2,1-3H3,(H,20,22)(H,21,23). The Balaban J connectivity index is 1.77. The second-order valence-electron chi connectivity index (χ2n) is 5.55. The SMILES string of the molecule is COc1ccccc1OC(C)C(=O)NNC(=O)COc1cccc(C)c1. The first-order valence-electron chi connectivity index (χ1n) is 8.07. The van der Waals surface area contributed by atoms with Gasteiger partial charge in [-0.3, -0.25) is 20.4 Å². The molecule has 0 aliphatic rings. The minimum absolute atomic E-state index is 0.217. The average molecular weight is 358 g/mol. The largest absolute Gasteiger partial charge is 0.493 e. The van der Waals surface area contributed by atoms with E-state index in [1.165, 1.54) is 7.11 Å². The Morgan fingerprint density at radius 2 is 1.77 bits per heavy atom. The zero-order valence-electron chi connectivity index (χ0n) is 14.9. The molecular formula is C19H22N2O5. The van der Waals surface area contributed by atoms with Crippen molar-refractivity contribution in [2.24, 2.45) is 0 Å². The molecule has 138 valence electrons. The fourth-order valence-corrected chi connectivity index (χ4v) is 2.08. The Hall–Kier alpha value is -3.22. The van der Waals surface area contributed by atoms with Crippen LogP contribution in [0.2, 0.25) is 0 Å². The number of aryl methyl sites for hydroxylation is 1. The number of benzene rings is 2. The highest BCUT2D eigenvalue weighted by atomic mass is 16.5. The first kappa shape index (κ1) is 19.1. The van der Waals surface area contributed by atoms with Gasteiger partial charge in [-0.25, -0.2) is 0 Å². The van der Waals surface area contributed by atoms with E-state index in [0.29, 0.717) is 17.2 Å². The summed E-state index contributed by atoms with van der Waals surface area (Å²) in [6.07, 6.45) is -0.829. The molecule has 2 aromatic carbocycles. The molecular weight excluding hydrogens is 336 g/mol. The summed E-state index contributed by atoms with van der Waals surface area (Å²) < 4.78 is 16.1. The molecule has 2 rings (SSSR count). The number of ether oxygens (including phenoxy) is 3. The zero-order valence-corrected chi connectivity index (χ0v) is 14.9. The molecule has 0 saturated carbocycles. The predicted molar refractivity (Wildman–Crippen MR) is 96.0 cm³/mol. The third kappa shape index (κ3) is 5.70. The molecule has 0 heterocycles. The van der Waals surface area contributed by atoms with Crippen LogP contribution < -0.4 is 25.1 Å². The number of methoxy groups -OCH3 is 1. The summed E-state index contributed by atoms with van der Waals surface area (Å²) in [7, 11) is 1.52. The van der Waals surface area contributed by atoms with Crippen molar-refractivity contribution in [3.05, 3.63) is 54.1 Å². The number of hydrazine groups is 1. The molecule has 1 atom stereocenters. The monoisotopic (exact) mass is 358 g/mol. The highest BCUT2D eigenvalue weighted by molar-refractivity contribution is 5.85. The topological polar surface area (TPSA) is 85.9 Å². The second kappa shape index (κ2) is 9.31. The number of rotatable bonds is 7. The van der Waals surface area contributed by atoms with Gasteiger partial charge in [0.15, 0.2) is 24.2 Å². The van der Waals surface area contributed by atoms with E-state index in [1.54, 1.807) is 37.3 Å². The van der Waals surface area contributed by atoms with Crippen LogP contribution in [-0.2, 0) is 9.59 Å². The molecule has 0 spiro atoms. The Morgan fingerprint density at radius 1 is 1.04 bits per heavy atom. The highest BCUT2D eigenvalue weighted by Crippen LogP contribution is 2.26. The van der Waals surface area contributed by atoms with Crippen LogP contribution in [0.25, 0.3) is 0 Å². The second-order valence-corrected chi connectivity index (χ2v) is 5.55. The number of nitrogens with one attached hydrogen (secondary N) is 2. The molecule has 0 aliphatic heterocycles. The van der Waals surface area contributed by atoms with E-state index in [1.807, 2.05) is 25.1 Å². The van der Waals surface area contributed by atoms with Crippen molar-refractivity contribution in [1.82, 2.24) is 10.9 Å². The molecule has 7 heteroatoms. The molecule has 26 heavy (non-hydrogen) atoms. The Morgan fingerprint density at radius 3 is 2.46 bits per heavy atom. The van der Waals surface area contributed by atoms with Crippen molar-refractivity contribution in [2.45, 2.75) is 20.0 Å². The van der Waals surface area contributed by atoms with Crippen molar-refractivity contribution < 1.29 is 23.8 Å². The van der Waals surface area contributed by atoms with Gasteiger partial charge in [-0.15, -0.1) is 0 Å². The van der Waals surface area contributed by atoms with Crippen LogP contribution in [0.3, 0.4) is 0 Å². The smallest absolute Gasteiger partial charge is 0.279 e. The molecule has 0 radical (unpaired) electrons. The lowest BCUT2D eigenvalue weighted by Crippen LogP contribution is -2.48. The minimum atomic E-state index is -0.829. The van der Waals surface area contributed by atoms with E-state index in [9.17, 15) is 9.59 Å². The lowest BCUT2D eigenvalue weighted by atomic mass is 10.2. The van der Waals surface area contributed by atoms with Crippen LogP contribution in [0.1, 0.15) is 12.5 Å². The quantitative estimate of drug-likeness (QED) is 0.740. The van der Waals surface area contributed by atoms with Gasteiger partial charge in [0.2, 0.25) is 0 Å². The van der Waals surface area contributed by atoms with Gasteiger partial charge in [-0.05, 0) is 43.7 Å². The molecule has 1 unspecified atom stereocenters. The van der Waals surface area contributed by atoms with Gasteiger partial charge < -0.3 is 14.2 Å². The summed E-state index contributed by atoms with van der Waals surface area (Å²) in [5.74, 6) is 0.554. The Kier molecular flexibility index (Phi) is 6.84. The van der Waals surface area contributed by atoms with E-state index in [2.05, 4.69) is 10.9 Å². The number of hydrogen-bond acceptors (Lipinski definition) is 5. The molecule has 0 saturated heterocycles. The van der Waals surface area contributed by atoms with Gasteiger partial charge in [0, 0.05) is 0 Å². The lowest BCUT2D eigenvalue weighted by molar-refractivity contribution is -0.133. The lowest BCUT2D eigenvalue weighted by Gasteiger charge is -2.17. The zero-order chi connectivity index (χ0) is 18.9.